The summed E-state index contributed by atoms with van der Waals surface area (Å²) in [6.45, 7) is 4.22. The van der Waals surface area contributed by atoms with Crippen molar-refractivity contribution in [2.75, 3.05) is 0 Å². The normalized spacial score (nSPS) is 11.5. The third-order valence-corrected chi connectivity index (χ3v) is 5.54. The van der Waals surface area contributed by atoms with Crippen LogP contribution in [0.25, 0.3) is 0 Å². The quantitative estimate of drug-likeness (QED) is 0.482. The van der Waals surface area contributed by atoms with Gasteiger partial charge in [0.25, 0.3) is 10.0 Å². The lowest BCUT2D eigenvalue weighted by atomic mass is 10.1. The van der Waals surface area contributed by atoms with E-state index in [9.17, 15) is 8.42 Å². The summed E-state index contributed by atoms with van der Waals surface area (Å²) < 4.78 is 30.7. The monoisotopic (exact) mass is 394 g/mol. The predicted molar refractivity (Wildman–Crippen MR) is 111 cm³/mol. The standard InChI is InChI=1S/C22H22N2O3S/c1-17-12-13-21(14-18(17)2)28(25,26)24-23-15-20-10-6-7-11-22(20)27-16-19-8-4-3-5-9-19/h3-15,24H,16H2,1-2H3/b23-15+. The molecule has 3 aromatic carbocycles. The number of benzene rings is 3. The minimum absolute atomic E-state index is 0.182. The molecule has 0 aliphatic heterocycles. The van der Waals surface area contributed by atoms with E-state index in [1.165, 1.54) is 6.21 Å². The zero-order valence-electron chi connectivity index (χ0n) is 15.8. The molecule has 3 aromatic rings. The van der Waals surface area contributed by atoms with Crippen LogP contribution in [0.5, 0.6) is 5.75 Å². The third kappa shape index (κ3) is 4.98. The van der Waals surface area contributed by atoms with Gasteiger partial charge in [-0.25, -0.2) is 4.83 Å². The van der Waals surface area contributed by atoms with Crippen molar-refractivity contribution < 1.29 is 13.2 Å². The van der Waals surface area contributed by atoms with E-state index in [1.807, 2.05) is 68.4 Å². The van der Waals surface area contributed by atoms with Gasteiger partial charge in [-0.05, 0) is 54.8 Å². The van der Waals surface area contributed by atoms with Crippen LogP contribution in [0.2, 0.25) is 0 Å². The van der Waals surface area contributed by atoms with Crippen molar-refractivity contribution in [3.63, 3.8) is 0 Å². The summed E-state index contributed by atoms with van der Waals surface area (Å²) in [6, 6.07) is 22.1. The molecule has 0 amide bonds. The fraction of sp³-hybridized carbons (Fsp3) is 0.136. The molecule has 28 heavy (non-hydrogen) atoms. The number of sulfonamides is 1. The molecule has 0 unspecified atom stereocenters. The van der Waals surface area contributed by atoms with Crippen LogP contribution >= 0.6 is 0 Å². The van der Waals surface area contributed by atoms with Gasteiger partial charge in [-0.15, -0.1) is 0 Å². The summed E-state index contributed by atoms with van der Waals surface area (Å²) in [5.41, 5.74) is 3.67. The molecule has 144 valence electrons. The summed E-state index contributed by atoms with van der Waals surface area (Å²) in [5.74, 6) is 0.625. The van der Waals surface area contributed by atoms with Gasteiger partial charge in [0, 0.05) is 5.56 Å². The zero-order chi connectivity index (χ0) is 20.0. The second kappa shape index (κ2) is 8.71. The highest BCUT2D eigenvalue weighted by Crippen LogP contribution is 2.18. The molecular formula is C22H22N2O3S. The minimum Gasteiger partial charge on any atom is -0.488 e. The van der Waals surface area contributed by atoms with Crippen molar-refractivity contribution in [2.45, 2.75) is 25.3 Å². The van der Waals surface area contributed by atoms with E-state index >= 15 is 0 Å². The van der Waals surface area contributed by atoms with Crippen LogP contribution in [0.4, 0.5) is 0 Å². The summed E-state index contributed by atoms with van der Waals surface area (Å²) in [5, 5.41) is 3.91. The summed E-state index contributed by atoms with van der Waals surface area (Å²) >= 11 is 0. The Morgan fingerprint density at radius 1 is 0.929 bits per heavy atom. The van der Waals surface area contributed by atoms with Crippen molar-refractivity contribution >= 4 is 16.2 Å². The van der Waals surface area contributed by atoms with Gasteiger partial charge in [-0.3, -0.25) is 0 Å². The van der Waals surface area contributed by atoms with Crippen LogP contribution in [0, 0.1) is 13.8 Å². The second-order valence-corrected chi connectivity index (χ2v) is 8.07. The van der Waals surface area contributed by atoms with Crippen molar-refractivity contribution in [3.8, 4) is 5.75 Å². The van der Waals surface area contributed by atoms with Crippen LogP contribution in [-0.4, -0.2) is 14.6 Å². The van der Waals surface area contributed by atoms with Crippen LogP contribution in [0.15, 0.2) is 82.8 Å². The minimum atomic E-state index is -3.73. The number of rotatable bonds is 7. The molecule has 0 heterocycles. The first kappa shape index (κ1) is 19.6. The third-order valence-electron chi connectivity index (χ3n) is 4.32. The van der Waals surface area contributed by atoms with Gasteiger partial charge >= 0.3 is 0 Å². The van der Waals surface area contributed by atoms with E-state index in [-0.39, 0.29) is 4.90 Å². The highest BCUT2D eigenvalue weighted by atomic mass is 32.2. The molecule has 0 spiro atoms. The topological polar surface area (TPSA) is 67.8 Å². The number of aryl methyl sites for hydroxylation is 2. The molecule has 3 rings (SSSR count). The molecule has 5 nitrogen and oxygen atoms in total. The Hall–Kier alpha value is -3.12. The maximum atomic E-state index is 12.4. The molecule has 1 N–H and O–H groups in total. The molecule has 0 fully saturated rings. The average Bonchev–Trinajstić information content (AvgIpc) is 2.70. The van der Waals surface area contributed by atoms with Crippen LogP contribution in [0.1, 0.15) is 22.3 Å². The van der Waals surface area contributed by atoms with Gasteiger partial charge in [0.05, 0.1) is 11.1 Å². The average molecular weight is 394 g/mol. The van der Waals surface area contributed by atoms with Gasteiger partial charge in [-0.2, -0.15) is 13.5 Å². The first-order chi connectivity index (χ1) is 13.5. The Bertz CT molecular complexity index is 1080. The van der Waals surface area contributed by atoms with Gasteiger partial charge in [0.1, 0.15) is 12.4 Å². The van der Waals surface area contributed by atoms with Crippen molar-refractivity contribution in [1.29, 1.82) is 0 Å². The van der Waals surface area contributed by atoms with E-state index in [1.54, 1.807) is 18.2 Å². The maximum Gasteiger partial charge on any atom is 0.276 e. The van der Waals surface area contributed by atoms with Crippen LogP contribution in [0.3, 0.4) is 0 Å². The maximum absolute atomic E-state index is 12.4. The van der Waals surface area contributed by atoms with E-state index in [4.69, 9.17) is 4.74 Å². The largest absolute Gasteiger partial charge is 0.488 e. The number of nitrogens with one attached hydrogen (secondary N) is 1. The fourth-order valence-electron chi connectivity index (χ4n) is 2.55. The number of para-hydroxylation sites is 1. The number of ether oxygens (including phenoxy) is 1. The lowest BCUT2D eigenvalue weighted by Gasteiger charge is -2.09. The smallest absolute Gasteiger partial charge is 0.276 e. The summed E-state index contributed by atoms with van der Waals surface area (Å²) in [4.78, 5) is 2.44. The molecule has 0 aliphatic rings. The number of hydrogen-bond donors (Lipinski definition) is 1. The van der Waals surface area contributed by atoms with Crippen molar-refractivity contribution in [1.82, 2.24) is 4.83 Å². The summed E-state index contributed by atoms with van der Waals surface area (Å²) in [6.07, 6.45) is 1.44. The first-order valence-electron chi connectivity index (χ1n) is 8.83. The molecule has 0 bridgehead atoms. The Morgan fingerprint density at radius 2 is 1.64 bits per heavy atom. The Labute approximate surface area is 165 Å². The van der Waals surface area contributed by atoms with Gasteiger partial charge in [0.2, 0.25) is 0 Å². The molecule has 0 saturated carbocycles. The molecule has 0 aromatic heterocycles. The first-order valence-corrected chi connectivity index (χ1v) is 10.3. The number of hydrazone groups is 1. The number of nitrogens with zero attached hydrogens (tertiary/aromatic N) is 1. The highest BCUT2D eigenvalue weighted by molar-refractivity contribution is 7.89. The van der Waals surface area contributed by atoms with Crippen LogP contribution < -0.4 is 9.57 Å². The highest BCUT2D eigenvalue weighted by Gasteiger charge is 2.13. The zero-order valence-corrected chi connectivity index (χ0v) is 16.6. The Balaban J connectivity index is 1.71. The Kier molecular flexibility index (Phi) is 6.11. The molecule has 0 aliphatic carbocycles. The SMILES string of the molecule is Cc1ccc(S(=O)(=O)N/N=C/c2ccccc2OCc2ccccc2)cc1C. The fourth-order valence-corrected chi connectivity index (χ4v) is 3.43. The van der Waals surface area contributed by atoms with Crippen molar-refractivity contribution in [3.05, 3.63) is 95.1 Å². The van der Waals surface area contributed by atoms with Gasteiger partial charge < -0.3 is 4.74 Å². The predicted octanol–water partition coefficient (Wildman–Crippen LogP) is 4.19. The summed E-state index contributed by atoms with van der Waals surface area (Å²) in [7, 11) is -3.73. The van der Waals surface area contributed by atoms with Gasteiger partial charge in [-0.1, -0.05) is 48.5 Å². The molecule has 0 saturated heterocycles. The molecule has 6 heteroatoms. The Morgan fingerprint density at radius 3 is 2.39 bits per heavy atom. The molecule has 0 atom stereocenters. The van der Waals surface area contributed by atoms with E-state index in [0.717, 1.165) is 16.7 Å². The van der Waals surface area contributed by atoms with Crippen LogP contribution in [-0.2, 0) is 16.6 Å². The lowest BCUT2D eigenvalue weighted by Crippen LogP contribution is -2.18. The molecule has 0 radical (unpaired) electrons. The molecular weight excluding hydrogens is 372 g/mol. The number of hydrogen-bond acceptors (Lipinski definition) is 4. The van der Waals surface area contributed by atoms with E-state index < -0.39 is 10.0 Å². The van der Waals surface area contributed by atoms with E-state index in [2.05, 4.69) is 9.93 Å². The second-order valence-electron chi connectivity index (χ2n) is 6.41. The van der Waals surface area contributed by atoms with Crippen molar-refractivity contribution in [2.24, 2.45) is 5.10 Å². The van der Waals surface area contributed by atoms with E-state index in [0.29, 0.717) is 17.9 Å². The van der Waals surface area contributed by atoms with Gasteiger partial charge in [0.15, 0.2) is 0 Å². The lowest BCUT2D eigenvalue weighted by molar-refractivity contribution is 0.306.